The molecule has 1 aliphatic rings. The van der Waals surface area contributed by atoms with Crippen molar-refractivity contribution in [2.24, 2.45) is 11.0 Å². The highest BCUT2D eigenvalue weighted by Crippen LogP contribution is 2.03. The Labute approximate surface area is 61.2 Å². The van der Waals surface area contributed by atoms with E-state index in [1.807, 2.05) is 7.05 Å². The molecule has 0 spiro atoms. The Morgan fingerprint density at radius 1 is 1.70 bits per heavy atom. The summed E-state index contributed by atoms with van der Waals surface area (Å²) in [6.45, 7) is 4.29. The summed E-state index contributed by atoms with van der Waals surface area (Å²) in [7, 11) is 1.89. The fourth-order valence-corrected chi connectivity index (χ4v) is 0.764. The Morgan fingerprint density at radius 3 is 2.80 bits per heavy atom. The SMILES string of the molecule is CCC(C)C1=NNN(C)N1. The third-order valence-electron chi connectivity index (χ3n) is 1.68. The van der Waals surface area contributed by atoms with Crippen LogP contribution in [0.3, 0.4) is 0 Å². The van der Waals surface area contributed by atoms with E-state index in [1.54, 1.807) is 5.12 Å². The minimum atomic E-state index is 0.512. The van der Waals surface area contributed by atoms with Crippen LogP contribution in [0.2, 0.25) is 0 Å². The monoisotopic (exact) mass is 142 g/mol. The first-order valence-corrected chi connectivity index (χ1v) is 3.57. The lowest BCUT2D eigenvalue weighted by atomic mass is 10.1. The Morgan fingerprint density at radius 2 is 2.40 bits per heavy atom. The van der Waals surface area contributed by atoms with Crippen LogP contribution in [0.4, 0.5) is 0 Å². The summed E-state index contributed by atoms with van der Waals surface area (Å²) in [4.78, 5) is 0. The molecule has 58 valence electrons. The highest BCUT2D eigenvalue weighted by Gasteiger charge is 2.14. The Bertz CT molecular complexity index is 143. The fraction of sp³-hybridized carbons (Fsp3) is 0.833. The minimum Gasteiger partial charge on any atom is -0.286 e. The van der Waals surface area contributed by atoms with Gasteiger partial charge in [0.05, 0.1) is 0 Å². The number of nitrogens with zero attached hydrogens (tertiary/aromatic N) is 2. The van der Waals surface area contributed by atoms with Crippen molar-refractivity contribution in [3.8, 4) is 0 Å². The Kier molecular flexibility index (Phi) is 2.11. The standard InChI is InChI=1S/C6H14N4/c1-4-5(2)6-7-9-10(3)8-6/h5,9H,4H2,1-3H3,(H,7,8). The number of hydrogen-bond acceptors (Lipinski definition) is 4. The second kappa shape index (κ2) is 2.88. The van der Waals surface area contributed by atoms with Crippen molar-refractivity contribution < 1.29 is 0 Å². The van der Waals surface area contributed by atoms with E-state index in [0.29, 0.717) is 5.92 Å². The normalized spacial score (nSPS) is 21.3. The summed E-state index contributed by atoms with van der Waals surface area (Å²) in [6, 6.07) is 0. The summed E-state index contributed by atoms with van der Waals surface area (Å²) >= 11 is 0. The molecule has 1 atom stereocenters. The van der Waals surface area contributed by atoms with Gasteiger partial charge in [-0.2, -0.15) is 0 Å². The van der Waals surface area contributed by atoms with E-state index < -0.39 is 0 Å². The van der Waals surface area contributed by atoms with Crippen LogP contribution in [-0.4, -0.2) is 18.0 Å². The first-order valence-electron chi connectivity index (χ1n) is 3.57. The molecule has 0 aromatic heterocycles. The Balaban J connectivity index is 2.43. The van der Waals surface area contributed by atoms with Gasteiger partial charge >= 0.3 is 0 Å². The van der Waals surface area contributed by atoms with Gasteiger partial charge in [0.1, 0.15) is 5.84 Å². The summed E-state index contributed by atoms with van der Waals surface area (Å²) in [5, 5.41) is 5.81. The molecular weight excluding hydrogens is 128 g/mol. The zero-order valence-corrected chi connectivity index (χ0v) is 6.68. The molecule has 1 unspecified atom stereocenters. The third kappa shape index (κ3) is 1.39. The van der Waals surface area contributed by atoms with Gasteiger partial charge in [-0.15, -0.1) is 10.2 Å². The molecule has 0 fully saturated rings. The van der Waals surface area contributed by atoms with Crippen LogP contribution < -0.4 is 11.0 Å². The molecule has 4 heteroatoms. The van der Waals surface area contributed by atoms with Crippen molar-refractivity contribution >= 4 is 5.84 Å². The summed E-state index contributed by atoms with van der Waals surface area (Å²) in [6.07, 6.45) is 1.11. The van der Waals surface area contributed by atoms with E-state index in [2.05, 4.69) is 29.9 Å². The van der Waals surface area contributed by atoms with Crippen LogP contribution in [0.5, 0.6) is 0 Å². The first kappa shape index (κ1) is 7.34. The summed E-state index contributed by atoms with van der Waals surface area (Å²) < 4.78 is 0. The van der Waals surface area contributed by atoms with E-state index in [9.17, 15) is 0 Å². The predicted octanol–water partition coefficient (Wildman–Crippen LogP) is 0.301. The average Bonchev–Trinajstić information content (AvgIpc) is 2.34. The highest BCUT2D eigenvalue weighted by atomic mass is 15.9. The van der Waals surface area contributed by atoms with Crippen molar-refractivity contribution in [1.29, 1.82) is 0 Å². The molecule has 0 saturated heterocycles. The zero-order valence-electron chi connectivity index (χ0n) is 6.68. The van der Waals surface area contributed by atoms with Gasteiger partial charge in [0, 0.05) is 13.0 Å². The molecule has 1 rings (SSSR count). The van der Waals surface area contributed by atoms with Gasteiger partial charge in [0.15, 0.2) is 0 Å². The molecule has 0 saturated carbocycles. The molecule has 2 N–H and O–H groups in total. The number of rotatable bonds is 2. The minimum absolute atomic E-state index is 0.512. The van der Waals surface area contributed by atoms with Gasteiger partial charge in [-0.1, -0.05) is 13.8 Å². The van der Waals surface area contributed by atoms with Crippen molar-refractivity contribution in [3.05, 3.63) is 0 Å². The van der Waals surface area contributed by atoms with Gasteiger partial charge < -0.3 is 0 Å². The first-order chi connectivity index (χ1) is 4.74. The van der Waals surface area contributed by atoms with Crippen LogP contribution in [0.25, 0.3) is 0 Å². The van der Waals surface area contributed by atoms with Crippen molar-refractivity contribution in [2.75, 3.05) is 7.05 Å². The van der Waals surface area contributed by atoms with Crippen LogP contribution >= 0.6 is 0 Å². The molecule has 4 nitrogen and oxygen atoms in total. The fourth-order valence-electron chi connectivity index (χ4n) is 0.764. The maximum atomic E-state index is 4.07. The second-order valence-electron chi connectivity index (χ2n) is 2.58. The van der Waals surface area contributed by atoms with Crippen molar-refractivity contribution in [1.82, 2.24) is 16.1 Å². The summed E-state index contributed by atoms with van der Waals surface area (Å²) in [5.41, 5.74) is 5.87. The maximum absolute atomic E-state index is 4.07. The van der Waals surface area contributed by atoms with Gasteiger partial charge in [0.2, 0.25) is 0 Å². The van der Waals surface area contributed by atoms with E-state index in [-0.39, 0.29) is 0 Å². The zero-order chi connectivity index (χ0) is 7.56. The number of hydrazone groups is 1. The lowest BCUT2D eigenvalue weighted by molar-refractivity contribution is 0.230. The van der Waals surface area contributed by atoms with E-state index >= 15 is 0 Å². The molecule has 0 amide bonds. The second-order valence-corrected chi connectivity index (χ2v) is 2.58. The van der Waals surface area contributed by atoms with Gasteiger partial charge in [-0.25, -0.2) is 5.53 Å². The summed E-state index contributed by atoms with van der Waals surface area (Å²) in [5.74, 6) is 1.53. The number of nitrogens with one attached hydrogen (secondary N) is 2. The van der Waals surface area contributed by atoms with E-state index in [1.165, 1.54) is 0 Å². The van der Waals surface area contributed by atoms with E-state index in [4.69, 9.17) is 0 Å². The van der Waals surface area contributed by atoms with Crippen molar-refractivity contribution in [2.45, 2.75) is 20.3 Å². The van der Waals surface area contributed by atoms with Gasteiger partial charge in [-0.3, -0.25) is 5.43 Å². The maximum Gasteiger partial charge on any atom is 0.142 e. The third-order valence-corrected chi connectivity index (χ3v) is 1.68. The molecule has 1 aliphatic heterocycles. The topological polar surface area (TPSA) is 39.7 Å². The predicted molar refractivity (Wildman–Crippen MR) is 40.9 cm³/mol. The van der Waals surface area contributed by atoms with E-state index in [0.717, 1.165) is 12.3 Å². The Hall–Kier alpha value is -0.770. The molecular formula is C6H14N4. The molecule has 1 heterocycles. The average molecular weight is 142 g/mol. The molecule has 0 aromatic carbocycles. The van der Waals surface area contributed by atoms with Crippen LogP contribution in [0, 0.1) is 5.92 Å². The molecule has 0 bridgehead atoms. The van der Waals surface area contributed by atoms with Gasteiger partial charge in [-0.05, 0) is 6.42 Å². The van der Waals surface area contributed by atoms with Crippen LogP contribution in [-0.2, 0) is 0 Å². The number of hydrazine groups is 2. The smallest absolute Gasteiger partial charge is 0.142 e. The highest BCUT2D eigenvalue weighted by molar-refractivity contribution is 5.84. The lowest BCUT2D eigenvalue weighted by Crippen LogP contribution is -2.39. The molecule has 0 radical (unpaired) electrons. The molecule has 10 heavy (non-hydrogen) atoms. The number of hydrogen-bond donors (Lipinski definition) is 2. The molecule has 0 aromatic rings. The van der Waals surface area contributed by atoms with Crippen molar-refractivity contribution in [3.63, 3.8) is 0 Å². The van der Waals surface area contributed by atoms with Crippen LogP contribution in [0.15, 0.2) is 5.10 Å². The number of amidine groups is 1. The largest absolute Gasteiger partial charge is 0.286 e. The molecule has 0 aliphatic carbocycles. The lowest BCUT2D eigenvalue weighted by Gasteiger charge is -2.10. The quantitative estimate of drug-likeness (QED) is 0.582. The van der Waals surface area contributed by atoms with Gasteiger partial charge in [0.25, 0.3) is 0 Å². The van der Waals surface area contributed by atoms with Crippen LogP contribution in [0.1, 0.15) is 20.3 Å².